The Hall–Kier alpha value is -1.82. The van der Waals surface area contributed by atoms with Crippen LogP contribution in [0.1, 0.15) is 26.1 Å². The molecule has 0 saturated carbocycles. The standard InChI is InChI=1S/C15H20N4OS/c1-3-8-13-17-18-15(19(13)4-2)21-11-14(20)16-12-9-6-5-7-10-12/h5-7,9-10H,3-4,8,11H2,1-2H3,(H,16,20). The fourth-order valence-electron chi connectivity index (χ4n) is 2.00. The van der Waals surface area contributed by atoms with Crippen molar-refractivity contribution in [3.8, 4) is 0 Å². The maximum absolute atomic E-state index is 11.9. The van der Waals surface area contributed by atoms with Crippen LogP contribution in [0.2, 0.25) is 0 Å². The molecule has 2 rings (SSSR count). The van der Waals surface area contributed by atoms with E-state index in [1.807, 2.05) is 30.3 Å². The third-order valence-corrected chi connectivity index (χ3v) is 3.94. The second-order valence-corrected chi connectivity index (χ2v) is 5.54. The number of anilines is 1. The Labute approximate surface area is 129 Å². The lowest BCUT2D eigenvalue weighted by Gasteiger charge is -2.07. The predicted molar refractivity (Wildman–Crippen MR) is 85.5 cm³/mol. The number of carbonyl (C=O) groups is 1. The number of aromatic nitrogens is 3. The fourth-order valence-corrected chi connectivity index (χ4v) is 2.82. The van der Waals surface area contributed by atoms with Crippen molar-refractivity contribution < 1.29 is 4.79 Å². The molecular formula is C15H20N4OS. The topological polar surface area (TPSA) is 59.8 Å². The van der Waals surface area contributed by atoms with E-state index >= 15 is 0 Å². The molecule has 0 atom stereocenters. The second-order valence-electron chi connectivity index (χ2n) is 4.60. The van der Waals surface area contributed by atoms with Gasteiger partial charge in [0.15, 0.2) is 5.16 Å². The van der Waals surface area contributed by atoms with E-state index in [1.54, 1.807) is 0 Å². The second kappa shape index (κ2) is 7.83. The summed E-state index contributed by atoms with van der Waals surface area (Å²) in [6, 6.07) is 9.46. The van der Waals surface area contributed by atoms with Gasteiger partial charge >= 0.3 is 0 Å². The number of nitrogens with zero attached hydrogens (tertiary/aromatic N) is 3. The Bertz CT molecular complexity index is 583. The number of para-hydroxylation sites is 1. The lowest BCUT2D eigenvalue weighted by Crippen LogP contribution is -2.14. The monoisotopic (exact) mass is 304 g/mol. The van der Waals surface area contributed by atoms with E-state index in [4.69, 9.17) is 0 Å². The van der Waals surface area contributed by atoms with Crippen LogP contribution in [0.25, 0.3) is 0 Å². The number of hydrogen-bond donors (Lipinski definition) is 1. The Balaban J connectivity index is 1.92. The molecule has 0 radical (unpaired) electrons. The molecule has 0 aliphatic heterocycles. The van der Waals surface area contributed by atoms with Gasteiger partial charge in [-0.2, -0.15) is 0 Å². The van der Waals surface area contributed by atoms with E-state index in [2.05, 4.69) is 33.9 Å². The zero-order chi connectivity index (χ0) is 15.1. The van der Waals surface area contributed by atoms with E-state index < -0.39 is 0 Å². The molecule has 0 bridgehead atoms. The Morgan fingerprint density at radius 2 is 2.00 bits per heavy atom. The molecule has 0 aliphatic rings. The minimum absolute atomic E-state index is 0.0334. The molecule has 1 aromatic heterocycles. The van der Waals surface area contributed by atoms with Crippen LogP contribution in [0.15, 0.2) is 35.5 Å². The molecule has 0 fully saturated rings. The largest absolute Gasteiger partial charge is 0.325 e. The first-order chi connectivity index (χ1) is 10.2. The average molecular weight is 304 g/mol. The predicted octanol–water partition coefficient (Wildman–Crippen LogP) is 2.98. The highest BCUT2D eigenvalue weighted by Crippen LogP contribution is 2.18. The summed E-state index contributed by atoms with van der Waals surface area (Å²) in [5.74, 6) is 1.29. The average Bonchev–Trinajstić information content (AvgIpc) is 2.88. The highest BCUT2D eigenvalue weighted by molar-refractivity contribution is 7.99. The third-order valence-electron chi connectivity index (χ3n) is 2.97. The van der Waals surface area contributed by atoms with Crippen LogP contribution in [0.4, 0.5) is 5.69 Å². The maximum atomic E-state index is 11.9. The van der Waals surface area contributed by atoms with Crippen molar-refractivity contribution in [1.29, 1.82) is 0 Å². The normalized spacial score (nSPS) is 10.6. The van der Waals surface area contributed by atoms with Crippen LogP contribution in [0, 0.1) is 0 Å². The summed E-state index contributed by atoms with van der Waals surface area (Å²) in [7, 11) is 0. The quantitative estimate of drug-likeness (QED) is 0.799. The smallest absolute Gasteiger partial charge is 0.234 e. The first-order valence-electron chi connectivity index (χ1n) is 7.14. The molecule has 1 aromatic carbocycles. The molecule has 112 valence electrons. The summed E-state index contributed by atoms with van der Waals surface area (Å²) in [6.45, 7) is 5.01. The molecule has 5 nitrogen and oxygen atoms in total. The summed E-state index contributed by atoms with van der Waals surface area (Å²) in [4.78, 5) is 11.9. The van der Waals surface area contributed by atoms with Crippen molar-refractivity contribution in [2.24, 2.45) is 0 Å². The molecule has 2 aromatic rings. The van der Waals surface area contributed by atoms with Crippen LogP contribution in [-0.2, 0) is 17.8 Å². The zero-order valence-electron chi connectivity index (χ0n) is 12.4. The molecule has 0 unspecified atom stereocenters. The molecular weight excluding hydrogens is 284 g/mol. The van der Waals surface area contributed by atoms with Gasteiger partial charge in [-0.05, 0) is 25.5 Å². The number of rotatable bonds is 7. The zero-order valence-corrected chi connectivity index (χ0v) is 13.2. The Morgan fingerprint density at radius 1 is 1.24 bits per heavy atom. The molecule has 21 heavy (non-hydrogen) atoms. The molecule has 0 spiro atoms. The number of amides is 1. The number of carbonyl (C=O) groups excluding carboxylic acids is 1. The van der Waals surface area contributed by atoms with E-state index in [0.29, 0.717) is 5.75 Å². The lowest BCUT2D eigenvalue weighted by molar-refractivity contribution is -0.113. The van der Waals surface area contributed by atoms with Crippen molar-refractivity contribution in [3.63, 3.8) is 0 Å². The van der Waals surface area contributed by atoms with Gasteiger partial charge in [-0.3, -0.25) is 4.79 Å². The van der Waals surface area contributed by atoms with Crippen LogP contribution in [0.5, 0.6) is 0 Å². The van der Waals surface area contributed by atoms with E-state index in [9.17, 15) is 4.79 Å². The van der Waals surface area contributed by atoms with E-state index in [0.717, 1.165) is 36.1 Å². The molecule has 1 heterocycles. The van der Waals surface area contributed by atoms with E-state index in [-0.39, 0.29) is 5.91 Å². The van der Waals surface area contributed by atoms with Crippen LogP contribution in [-0.4, -0.2) is 26.4 Å². The highest BCUT2D eigenvalue weighted by Gasteiger charge is 2.12. The first kappa shape index (κ1) is 15.6. The SMILES string of the molecule is CCCc1nnc(SCC(=O)Nc2ccccc2)n1CC. The van der Waals surface area contributed by atoms with Crippen LogP contribution in [0.3, 0.4) is 0 Å². The fraction of sp³-hybridized carbons (Fsp3) is 0.400. The van der Waals surface area contributed by atoms with Gasteiger partial charge in [0.05, 0.1) is 5.75 Å². The number of nitrogens with one attached hydrogen (secondary N) is 1. The summed E-state index contributed by atoms with van der Waals surface area (Å²) < 4.78 is 2.07. The molecule has 0 saturated heterocycles. The molecule has 1 N–H and O–H groups in total. The Kier molecular flexibility index (Phi) is 5.80. The summed E-state index contributed by atoms with van der Waals surface area (Å²) >= 11 is 1.42. The number of aryl methyl sites for hydroxylation is 1. The number of benzene rings is 1. The van der Waals surface area contributed by atoms with Gasteiger partial charge in [0.1, 0.15) is 5.82 Å². The van der Waals surface area contributed by atoms with Crippen molar-refractivity contribution in [2.75, 3.05) is 11.1 Å². The summed E-state index contributed by atoms with van der Waals surface area (Å²) in [5, 5.41) is 12.1. The van der Waals surface area contributed by atoms with Crippen molar-refractivity contribution in [1.82, 2.24) is 14.8 Å². The van der Waals surface area contributed by atoms with Gasteiger partial charge < -0.3 is 9.88 Å². The van der Waals surface area contributed by atoms with Crippen molar-refractivity contribution >= 4 is 23.4 Å². The van der Waals surface area contributed by atoms with Gasteiger partial charge in [0, 0.05) is 18.7 Å². The summed E-state index contributed by atoms with van der Waals surface area (Å²) in [5.41, 5.74) is 0.812. The number of thioether (sulfide) groups is 1. The van der Waals surface area contributed by atoms with Crippen LogP contribution >= 0.6 is 11.8 Å². The van der Waals surface area contributed by atoms with Crippen molar-refractivity contribution in [3.05, 3.63) is 36.2 Å². The minimum atomic E-state index is -0.0334. The van der Waals surface area contributed by atoms with Gasteiger partial charge in [0.25, 0.3) is 0 Å². The van der Waals surface area contributed by atoms with Gasteiger partial charge in [0.2, 0.25) is 5.91 Å². The minimum Gasteiger partial charge on any atom is -0.325 e. The lowest BCUT2D eigenvalue weighted by atomic mass is 10.3. The molecule has 0 aliphatic carbocycles. The van der Waals surface area contributed by atoms with Crippen molar-refractivity contribution in [2.45, 2.75) is 38.4 Å². The van der Waals surface area contributed by atoms with Gasteiger partial charge in [-0.25, -0.2) is 0 Å². The first-order valence-corrected chi connectivity index (χ1v) is 8.13. The van der Waals surface area contributed by atoms with Gasteiger partial charge in [-0.15, -0.1) is 10.2 Å². The number of hydrogen-bond acceptors (Lipinski definition) is 4. The summed E-state index contributed by atoms with van der Waals surface area (Å²) in [6.07, 6.45) is 1.95. The Morgan fingerprint density at radius 3 is 2.67 bits per heavy atom. The molecule has 6 heteroatoms. The van der Waals surface area contributed by atoms with E-state index in [1.165, 1.54) is 11.8 Å². The van der Waals surface area contributed by atoms with Gasteiger partial charge in [-0.1, -0.05) is 36.9 Å². The van der Waals surface area contributed by atoms with Crippen LogP contribution < -0.4 is 5.32 Å². The maximum Gasteiger partial charge on any atom is 0.234 e. The third kappa shape index (κ3) is 4.32. The molecule has 1 amide bonds. The highest BCUT2D eigenvalue weighted by atomic mass is 32.2.